The molecular formula is C12H13N3O2S. The third-order valence-electron chi connectivity index (χ3n) is 2.62. The normalized spacial score (nSPS) is 12.3. The van der Waals surface area contributed by atoms with Crippen LogP contribution < -0.4 is 5.73 Å². The quantitative estimate of drug-likeness (QED) is 0.878. The van der Waals surface area contributed by atoms with Crippen LogP contribution in [-0.2, 0) is 11.2 Å². The van der Waals surface area contributed by atoms with Gasteiger partial charge in [0.2, 0.25) is 0 Å². The Balaban J connectivity index is 2.38. The topological polar surface area (TPSA) is 89.1 Å². The van der Waals surface area contributed by atoms with E-state index < -0.39 is 12.0 Å². The lowest BCUT2D eigenvalue weighted by Crippen LogP contribution is -2.20. The molecule has 1 unspecified atom stereocenters. The van der Waals surface area contributed by atoms with Crippen LogP contribution in [0.1, 0.15) is 24.2 Å². The molecule has 0 aliphatic rings. The van der Waals surface area contributed by atoms with Crippen LogP contribution in [0, 0.1) is 0 Å². The summed E-state index contributed by atoms with van der Waals surface area (Å²) in [6.45, 7) is 2.04. The minimum absolute atomic E-state index is 0.390. The van der Waals surface area contributed by atoms with Crippen LogP contribution in [0.5, 0.6) is 0 Å². The Morgan fingerprint density at radius 2 is 2.39 bits per heavy atom. The molecule has 6 heteroatoms. The number of aliphatic carboxylic acids is 1. The number of aryl methyl sites for hydroxylation is 1. The number of rotatable bonds is 4. The van der Waals surface area contributed by atoms with Crippen LogP contribution in [0.15, 0.2) is 23.8 Å². The fourth-order valence-electron chi connectivity index (χ4n) is 1.60. The minimum atomic E-state index is -1.07. The van der Waals surface area contributed by atoms with Gasteiger partial charge in [-0.05, 0) is 18.1 Å². The second kappa shape index (κ2) is 5.24. The molecule has 18 heavy (non-hydrogen) atoms. The highest BCUT2D eigenvalue weighted by atomic mass is 32.1. The maximum atomic E-state index is 10.8. The van der Waals surface area contributed by atoms with Gasteiger partial charge in [-0.15, -0.1) is 11.3 Å². The highest BCUT2D eigenvalue weighted by Crippen LogP contribution is 2.28. The number of hydrogen-bond acceptors (Lipinski definition) is 5. The number of carboxylic acids is 1. The monoisotopic (exact) mass is 263 g/mol. The Labute approximate surface area is 108 Å². The third kappa shape index (κ3) is 2.39. The summed E-state index contributed by atoms with van der Waals surface area (Å²) in [7, 11) is 0. The lowest BCUT2D eigenvalue weighted by atomic mass is 10.1. The van der Waals surface area contributed by atoms with Crippen molar-refractivity contribution >= 4 is 17.3 Å². The van der Waals surface area contributed by atoms with E-state index >= 15 is 0 Å². The number of thiazole rings is 1. The number of pyridine rings is 1. The fourth-order valence-corrected chi connectivity index (χ4v) is 2.51. The first kappa shape index (κ1) is 12.7. The molecule has 2 aromatic heterocycles. The van der Waals surface area contributed by atoms with E-state index in [0.29, 0.717) is 5.69 Å². The smallest absolute Gasteiger partial charge is 0.326 e. The molecular weight excluding hydrogens is 250 g/mol. The Morgan fingerprint density at radius 1 is 1.61 bits per heavy atom. The average molecular weight is 263 g/mol. The molecule has 2 heterocycles. The van der Waals surface area contributed by atoms with Crippen LogP contribution in [0.3, 0.4) is 0 Å². The molecule has 94 valence electrons. The number of carbonyl (C=O) groups is 1. The van der Waals surface area contributed by atoms with Crippen molar-refractivity contribution in [3.63, 3.8) is 0 Å². The molecule has 0 aliphatic carbocycles. The van der Waals surface area contributed by atoms with Gasteiger partial charge in [0.25, 0.3) is 0 Å². The SMILES string of the molecule is CCc1cnccc1-c1nc(C(N)C(=O)O)cs1. The average Bonchev–Trinajstić information content (AvgIpc) is 2.87. The summed E-state index contributed by atoms with van der Waals surface area (Å²) in [6.07, 6.45) is 4.35. The van der Waals surface area contributed by atoms with E-state index in [0.717, 1.165) is 22.6 Å². The number of hydrogen-bond donors (Lipinski definition) is 2. The fraction of sp³-hybridized carbons (Fsp3) is 0.250. The van der Waals surface area contributed by atoms with Gasteiger partial charge in [0, 0.05) is 23.3 Å². The maximum Gasteiger partial charge on any atom is 0.326 e. The zero-order valence-corrected chi connectivity index (χ0v) is 10.6. The standard InChI is InChI=1S/C12H13N3O2S/c1-2-7-5-14-4-3-8(7)11-15-9(6-18-11)10(13)12(16)17/h3-6,10H,2,13H2,1H3,(H,16,17). The molecule has 0 saturated carbocycles. The van der Waals surface area contributed by atoms with Crippen molar-refractivity contribution in [1.29, 1.82) is 0 Å². The largest absolute Gasteiger partial charge is 0.480 e. The second-order valence-electron chi connectivity index (χ2n) is 3.78. The molecule has 0 bridgehead atoms. The first-order valence-electron chi connectivity index (χ1n) is 5.50. The molecule has 0 aromatic carbocycles. The van der Waals surface area contributed by atoms with Gasteiger partial charge in [-0.2, -0.15) is 0 Å². The van der Waals surface area contributed by atoms with Crippen molar-refractivity contribution in [2.75, 3.05) is 0 Å². The molecule has 0 radical (unpaired) electrons. The predicted octanol–water partition coefficient (Wildman–Crippen LogP) is 1.85. The van der Waals surface area contributed by atoms with E-state index in [4.69, 9.17) is 10.8 Å². The predicted molar refractivity (Wildman–Crippen MR) is 69.3 cm³/mol. The summed E-state index contributed by atoms with van der Waals surface area (Å²) in [5.41, 5.74) is 7.99. The summed E-state index contributed by atoms with van der Waals surface area (Å²) >= 11 is 1.40. The van der Waals surface area contributed by atoms with Gasteiger partial charge in [-0.25, -0.2) is 4.98 Å². The van der Waals surface area contributed by atoms with E-state index in [9.17, 15) is 4.79 Å². The van der Waals surface area contributed by atoms with Gasteiger partial charge in [0.05, 0.1) is 5.69 Å². The van der Waals surface area contributed by atoms with Crippen molar-refractivity contribution in [3.8, 4) is 10.6 Å². The molecule has 2 rings (SSSR count). The molecule has 1 atom stereocenters. The van der Waals surface area contributed by atoms with Gasteiger partial charge in [-0.3, -0.25) is 9.78 Å². The Morgan fingerprint density at radius 3 is 3.06 bits per heavy atom. The van der Waals surface area contributed by atoms with E-state index in [-0.39, 0.29) is 0 Å². The summed E-state index contributed by atoms with van der Waals surface area (Å²) in [4.78, 5) is 19.2. The van der Waals surface area contributed by atoms with E-state index in [1.807, 2.05) is 13.0 Å². The van der Waals surface area contributed by atoms with Gasteiger partial charge in [-0.1, -0.05) is 6.92 Å². The summed E-state index contributed by atoms with van der Waals surface area (Å²) in [5.74, 6) is -1.07. The van der Waals surface area contributed by atoms with Crippen LogP contribution >= 0.6 is 11.3 Å². The van der Waals surface area contributed by atoms with Gasteiger partial charge in [0.1, 0.15) is 11.0 Å². The van der Waals surface area contributed by atoms with Gasteiger partial charge >= 0.3 is 5.97 Å². The maximum absolute atomic E-state index is 10.8. The highest BCUT2D eigenvalue weighted by molar-refractivity contribution is 7.13. The lowest BCUT2D eigenvalue weighted by molar-refractivity contribution is -0.138. The molecule has 0 saturated heterocycles. The van der Waals surface area contributed by atoms with E-state index in [2.05, 4.69) is 9.97 Å². The Bertz CT molecular complexity index is 568. The van der Waals surface area contributed by atoms with Gasteiger partial charge in [0.15, 0.2) is 0 Å². The summed E-state index contributed by atoms with van der Waals surface area (Å²) in [6, 6.07) is 0.815. The third-order valence-corrected chi connectivity index (χ3v) is 3.52. The molecule has 5 nitrogen and oxygen atoms in total. The van der Waals surface area contributed by atoms with E-state index in [1.54, 1.807) is 17.8 Å². The molecule has 0 aliphatic heterocycles. The Kier molecular flexibility index (Phi) is 3.69. The first-order valence-corrected chi connectivity index (χ1v) is 6.38. The second-order valence-corrected chi connectivity index (χ2v) is 4.64. The molecule has 0 spiro atoms. The van der Waals surface area contributed by atoms with Crippen molar-refractivity contribution in [2.45, 2.75) is 19.4 Å². The summed E-state index contributed by atoms with van der Waals surface area (Å²) < 4.78 is 0. The summed E-state index contributed by atoms with van der Waals surface area (Å²) in [5, 5.41) is 11.3. The van der Waals surface area contributed by atoms with Crippen LogP contribution in [0.2, 0.25) is 0 Å². The first-order chi connectivity index (χ1) is 8.63. The van der Waals surface area contributed by atoms with Gasteiger partial charge < -0.3 is 10.8 Å². The van der Waals surface area contributed by atoms with Crippen molar-refractivity contribution < 1.29 is 9.90 Å². The molecule has 0 amide bonds. The lowest BCUT2D eigenvalue weighted by Gasteiger charge is -2.03. The van der Waals surface area contributed by atoms with Crippen molar-refractivity contribution in [2.24, 2.45) is 5.73 Å². The zero-order chi connectivity index (χ0) is 13.1. The molecule has 0 fully saturated rings. The zero-order valence-electron chi connectivity index (χ0n) is 9.83. The molecule has 2 aromatic rings. The number of carboxylic acid groups (broad SMARTS) is 1. The van der Waals surface area contributed by atoms with Crippen molar-refractivity contribution in [1.82, 2.24) is 9.97 Å². The van der Waals surface area contributed by atoms with Crippen LogP contribution in [0.4, 0.5) is 0 Å². The number of nitrogens with two attached hydrogens (primary N) is 1. The number of aromatic nitrogens is 2. The molecule has 3 N–H and O–H groups in total. The van der Waals surface area contributed by atoms with E-state index in [1.165, 1.54) is 11.3 Å². The Hall–Kier alpha value is -1.79. The van der Waals surface area contributed by atoms with Crippen LogP contribution in [0.25, 0.3) is 10.6 Å². The number of nitrogens with zero attached hydrogens (tertiary/aromatic N) is 2. The van der Waals surface area contributed by atoms with Crippen LogP contribution in [-0.4, -0.2) is 21.0 Å². The minimum Gasteiger partial charge on any atom is -0.480 e. The highest BCUT2D eigenvalue weighted by Gasteiger charge is 2.18. The van der Waals surface area contributed by atoms with Crippen molar-refractivity contribution in [3.05, 3.63) is 35.1 Å².